The van der Waals surface area contributed by atoms with Gasteiger partial charge >= 0.3 is 0 Å². The molecule has 0 fully saturated rings. The van der Waals surface area contributed by atoms with Crippen LogP contribution in [-0.2, 0) is 0 Å². The summed E-state index contributed by atoms with van der Waals surface area (Å²) in [6.45, 7) is 1.89. The molecule has 98 valence electrons. The fourth-order valence-electron chi connectivity index (χ4n) is 2.04. The second-order valence-electron chi connectivity index (χ2n) is 4.02. The number of aromatic nitrogens is 4. The quantitative estimate of drug-likeness (QED) is 0.724. The molecular formula is C12H11BrN4O2. The van der Waals surface area contributed by atoms with Gasteiger partial charge in [-0.25, -0.2) is 4.98 Å². The van der Waals surface area contributed by atoms with Gasteiger partial charge in [-0.1, -0.05) is 0 Å². The van der Waals surface area contributed by atoms with Crippen LogP contribution in [-0.4, -0.2) is 33.8 Å². The minimum atomic E-state index is 0.622. The summed E-state index contributed by atoms with van der Waals surface area (Å²) in [5.41, 5.74) is 3.10. The van der Waals surface area contributed by atoms with E-state index in [1.165, 1.54) is 0 Å². The predicted molar refractivity (Wildman–Crippen MR) is 73.8 cm³/mol. The van der Waals surface area contributed by atoms with Gasteiger partial charge in [0.2, 0.25) is 0 Å². The van der Waals surface area contributed by atoms with E-state index < -0.39 is 0 Å². The fraction of sp³-hybridized carbons (Fsp3) is 0.250. The number of ether oxygens (including phenoxy) is 2. The van der Waals surface area contributed by atoms with E-state index in [4.69, 9.17) is 9.47 Å². The second kappa shape index (κ2) is 4.34. The summed E-state index contributed by atoms with van der Waals surface area (Å²) in [6, 6.07) is 3.66. The first-order valence-electron chi connectivity index (χ1n) is 5.58. The lowest BCUT2D eigenvalue weighted by Gasteiger charge is -2.09. The van der Waals surface area contributed by atoms with Crippen molar-refractivity contribution < 1.29 is 9.47 Å². The normalized spacial score (nSPS) is 11.2. The summed E-state index contributed by atoms with van der Waals surface area (Å²) in [5, 5.41) is 8.39. The standard InChI is InChI=1S/C12H11BrN4O2/c1-6-11-16-15-7-4-9(18-2)10(19-3)5-8(7)17(11)12(13)14-6/h4-5H,1-3H3. The van der Waals surface area contributed by atoms with Gasteiger partial charge in [-0.15, -0.1) is 10.2 Å². The van der Waals surface area contributed by atoms with Gasteiger partial charge in [0.1, 0.15) is 5.52 Å². The molecule has 6 nitrogen and oxygen atoms in total. The van der Waals surface area contributed by atoms with Crippen molar-refractivity contribution in [3.63, 3.8) is 0 Å². The topological polar surface area (TPSA) is 61.5 Å². The lowest BCUT2D eigenvalue weighted by Crippen LogP contribution is -1.98. The van der Waals surface area contributed by atoms with Crippen molar-refractivity contribution in [3.05, 3.63) is 22.6 Å². The summed E-state index contributed by atoms with van der Waals surface area (Å²) >= 11 is 3.43. The summed E-state index contributed by atoms with van der Waals surface area (Å²) in [4.78, 5) is 4.34. The summed E-state index contributed by atoms with van der Waals surface area (Å²) in [7, 11) is 3.19. The van der Waals surface area contributed by atoms with Crippen LogP contribution in [0.5, 0.6) is 11.5 Å². The molecule has 2 heterocycles. The first-order chi connectivity index (χ1) is 9.15. The van der Waals surface area contributed by atoms with Crippen molar-refractivity contribution in [1.29, 1.82) is 0 Å². The van der Waals surface area contributed by atoms with Crippen LogP contribution in [0.25, 0.3) is 16.7 Å². The molecule has 0 bridgehead atoms. The molecule has 0 unspecified atom stereocenters. The number of halogens is 1. The molecule has 0 aliphatic rings. The zero-order valence-corrected chi connectivity index (χ0v) is 12.2. The molecular weight excluding hydrogens is 312 g/mol. The Morgan fingerprint density at radius 2 is 1.79 bits per heavy atom. The maximum Gasteiger partial charge on any atom is 0.183 e. The van der Waals surface area contributed by atoms with Crippen molar-refractivity contribution in [2.24, 2.45) is 0 Å². The highest BCUT2D eigenvalue weighted by Gasteiger charge is 2.14. The molecule has 1 aromatic carbocycles. The average Bonchev–Trinajstić information content (AvgIpc) is 2.72. The Kier molecular flexibility index (Phi) is 2.78. The maximum absolute atomic E-state index is 5.32. The van der Waals surface area contributed by atoms with Crippen LogP contribution in [0, 0.1) is 6.92 Å². The molecule has 0 spiro atoms. The van der Waals surface area contributed by atoms with E-state index >= 15 is 0 Å². The zero-order chi connectivity index (χ0) is 13.6. The molecule has 7 heteroatoms. The molecule has 0 saturated heterocycles. The molecule has 0 saturated carbocycles. The Morgan fingerprint density at radius 1 is 1.11 bits per heavy atom. The SMILES string of the molecule is COc1cc2nnc3c(C)nc(Br)n3c2cc1OC. The molecule has 0 N–H and O–H groups in total. The van der Waals surface area contributed by atoms with Crippen molar-refractivity contribution >= 4 is 32.6 Å². The van der Waals surface area contributed by atoms with Gasteiger partial charge < -0.3 is 9.47 Å². The summed E-state index contributed by atoms with van der Waals surface area (Å²) in [6.07, 6.45) is 0. The number of nitrogens with zero attached hydrogens (tertiary/aromatic N) is 4. The number of methoxy groups -OCH3 is 2. The number of fused-ring (bicyclic) bond motifs is 3. The van der Waals surface area contributed by atoms with Crippen LogP contribution >= 0.6 is 15.9 Å². The smallest absolute Gasteiger partial charge is 0.183 e. The maximum atomic E-state index is 5.32. The van der Waals surface area contributed by atoms with E-state index in [9.17, 15) is 0 Å². The Hall–Kier alpha value is -1.89. The van der Waals surface area contributed by atoms with E-state index in [2.05, 4.69) is 31.1 Å². The Balaban J connectivity index is 2.47. The number of benzene rings is 1. The fourth-order valence-corrected chi connectivity index (χ4v) is 2.66. The third kappa shape index (κ3) is 1.73. The van der Waals surface area contributed by atoms with E-state index in [0.29, 0.717) is 27.4 Å². The molecule has 3 rings (SSSR count). The molecule has 3 aromatic rings. The van der Waals surface area contributed by atoms with E-state index in [-0.39, 0.29) is 0 Å². The van der Waals surface area contributed by atoms with Crippen LogP contribution in [0.15, 0.2) is 16.9 Å². The van der Waals surface area contributed by atoms with Crippen LogP contribution in [0.4, 0.5) is 0 Å². The molecule has 0 aliphatic carbocycles. The van der Waals surface area contributed by atoms with Crippen molar-refractivity contribution in [1.82, 2.24) is 19.6 Å². The van der Waals surface area contributed by atoms with E-state index in [1.807, 2.05) is 17.4 Å². The van der Waals surface area contributed by atoms with Gasteiger partial charge in [-0.2, -0.15) is 0 Å². The van der Waals surface area contributed by atoms with Gasteiger partial charge in [-0.05, 0) is 22.9 Å². The third-order valence-corrected chi connectivity index (χ3v) is 3.49. The van der Waals surface area contributed by atoms with Gasteiger partial charge in [0.05, 0.1) is 25.4 Å². The molecule has 0 atom stereocenters. The monoisotopic (exact) mass is 322 g/mol. The van der Waals surface area contributed by atoms with Crippen molar-refractivity contribution in [2.45, 2.75) is 6.92 Å². The predicted octanol–water partition coefficient (Wildman–Crippen LogP) is 2.37. The van der Waals surface area contributed by atoms with E-state index in [0.717, 1.165) is 11.2 Å². The highest BCUT2D eigenvalue weighted by atomic mass is 79.9. The number of hydrogen-bond acceptors (Lipinski definition) is 5. The minimum absolute atomic E-state index is 0.622. The molecule has 2 aromatic heterocycles. The second-order valence-corrected chi connectivity index (χ2v) is 4.73. The number of rotatable bonds is 2. The highest BCUT2D eigenvalue weighted by molar-refractivity contribution is 9.10. The lowest BCUT2D eigenvalue weighted by atomic mass is 10.2. The summed E-state index contributed by atoms with van der Waals surface area (Å²) in [5.74, 6) is 1.26. The van der Waals surface area contributed by atoms with Gasteiger partial charge in [0.25, 0.3) is 0 Å². The van der Waals surface area contributed by atoms with Crippen molar-refractivity contribution in [2.75, 3.05) is 14.2 Å². The highest BCUT2D eigenvalue weighted by Crippen LogP contribution is 2.32. The van der Waals surface area contributed by atoms with Crippen LogP contribution in [0.1, 0.15) is 5.69 Å². The number of imidazole rings is 1. The molecule has 0 aliphatic heterocycles. The first kappa shape index (κ1) is 12.2. The lowest BCUT2D eigenvalue weighted by molar-refractivity contribution is 0.355. The van der Waals surface area contributed by atoms with Gasteiger partial charge in [0.15, 0.2) is 21.9 Å². The first-order valence-corrected chi connectivity index (χ1v) is 6.38. The van der Waals surface area contributed by atoms with Gasteiger partial charge in [0, 0.05) is 12.1 Å². The zero-order valence-electron chi connectivity index (χ0n) is 10.6. The molecule has 0 radical (unpaired) electrons. The third-order valence-electron chi connectivity index (χ3n) is 2.95. The number of aryl methyl sites for hydroxylation is 1. The van der Waals surface area contributed by atoms with Crippen LogP contribution in [0.3, 0.4) is 0 Å². The Labute approximate surface area is 117 Å². The largest absolute Gasteiger partial charge is 0.493 e. The number of hydrogen-bond donors (Lipinski definition) is 0. The van der Waals surface area contributed by atoms with Gasteiger partial charge in [-0.3, -0.25) is 4.40 Å². The molecule has 0 amide bonds. The Bertz CT molecular complexity index is 784. The van der Waals surface area contributed by atoms with Crippen molar-refractivity contribution in [3.8, 4) is 11.5 Å². The Morgan fingerprint density at radius 3 is 2.47 bits per heavy atom. The minimum Gasteiger partial charge on any atom is -0.493 e. The van der Waals surface area contributed by atoms with Crippen LogP contribution in [0.2, 0.25) is 0 Å². The van der Waals surface area contributed by atoms with Crippen LogP contribution < -0.4 is 9.47 Å². The van der Waals surface area contributed by atoms with E-state index in [1.54, 1.807) is 20.3 Å². The average molecular weight is 323 g/mol. The molecule has 19 heavy (non-hydrogen) atoms. The summed E-state index contributed by atoms with van der Waals surface area (Å²) < 4.78 is 13.2.